The van der Waals surface area contributed by atoms with Gasteiger partial charge >= 0.3 is 6.18 Å². The highest BCUT2D eigenvalue weighted by molar-refractivity contribution is 5.47. The molecule has 1 aromatic rings. The molecule has 1 saturated heterocycles. The van der Waals surface area contributed by atoms with Gasteiger partial charge in [-0.05, 0) is 24.3 Å². The van der Waals surface area contributed by atoms with Crippen LogP contribution in [0.25, 0.3) is 0 Å². The number of nitrogens with one attached hydrogen (secondary N) is 1. The molecule has 17 heavy (non-hydrogen) atoms. The van der Waals surface area contributed by atoms with E-state index in [4.69, 9.17) is 0 Å². The molecule has 0 bridgehead atoms. The van der Waals surface area contributed by atoms with E-state index in [1.807, 2.05) is 0 Å². The van der Waals surface area contributed by atoms with Gasteiger partial charge in [0.25, 0.3) is 0 Å². The zero-order valence-corrected chi connectivity index (χ0v) is 8.97. The summed E-state index contributed by atoms with van der Waals surface area (Å²) in [6.45, 7) is 0.606. The minimum atomic E-state index is -4.25. The van der Waals surface area contributed by atoms with E-state index in [0.29, 0.717) is 12.2 Å². The van der Waals surface area contributed by atoms with E-state index in [0.717, 1.165) is 0 Å². The van der Waals surface area contributed by atoms with Crippen molar-refractivity contribution in [2.45, 2.75) is 12.2 Å². The van der Waals surface area contributed by atoms with Crippen molar-refractivity contribution in [1.29, 1.82) is 0 Å². The van der Waals surface area contributed by atoms with Crippen molar-refractivity contribution in [3.05, 3.63) is 30.1 Å². The number of piperazine rings is 1. The average molecular weight is 248 g/mol. The van der Waals surface area contributed by atoms with Gasteiger partial charge in [0.1, 0.15) is 11.9 Å². The lowest BCUT2D eigenvalue weighted by molar-refractivity contribution is -0.155. The van der Waals surface area contributed by atoms with E-state index in [-0.39, 0.29) is 13.1 Å². The first-order valence-corrected chi connectivity index (χ1v) is 5.27. The van der Waals surface area contributed by atoms with Gasteiger partial charge < -0.3 is 10.2 Å². The summed E-state index contributed by atoms with van der Waals surface area (Å²) in [5.74, 6) is -0.392. The van der Waals surface area contributed by atoms with Crippen LogP contribution >= 0.6 is 0 Å². The van der Waals surface area contributed by atoms with Crippen molar-refractivity contribution in [2.24, 2.45) is 0 Å². The monoisotopic (exact) mass is 248 g/mol. The Kier molecular flexibility index (Phi) is 3.24. The van der Waals surface area contributed by atoms with Gasteiger partial charge in [0, 0.05) is 25.3 Å². The van der Waals surface area contributed by atoms with Gasteiger partial charge in [0.15, 0.2) is 0 Å². The first-order chi connectivity index (χ1) is 7.97. The van der Waals surface area contributed by atoms with E-state index in [2.05, 4.69) is 5.32 Å². The molecule has 1 aliphatic rings. The maximum atomic E-state index is 12.7. The van der Waals surface area contributed by atoms with Crippen LogP contribution in [0.4, 0.5) is 23.2 Å². The van der Waals surface area contributed by atoms with E-state index < -0.39 is 18.0 Å². The van der Waals surface area contributed by atoms with E-state index >= 15 is 0 Å². The summed E-state index contributed by atoms with van der Waals surface area (Å²) >= 11 is 0. The minimum absolute atomic E-state index is 0.144. The molecular weight excluding hydrogens is 236 g/mol. The Morgan fingerprint density at radius 3 is 2.41 bits per heavy atom. The van der Waals surface area contributed by atoms with Gasteiger partial charge in [0.2, 0.25) is 0 Å². The van der Waals surface area contributed by atoms with Gasteiger partial charge in [-0.25, -0.2) is 4.39 Å². The largest absolute Gasteiger partial charge is 0.405 e. The van der Waals surface area contributed by atoms with E-state index in [1.165, 1.54) is 24.3 Å². The second-order valence-corrected chi connectivity index (χ2v) is 3.97. The Morgan fingerprint density at radius 1 is 1.18 bits per heavy atom. The van der Waals surface area contributed by atoms with Crippen molar-refractivity contribution in [3.8, 4) is 0 Å². The Morgan fingerprint density at radius 2 is 1.82 bits per heavy atom. The maximum Gasteiger partial charge on any atom is 0.405 e. The lowest BCUT2D eigenvalue weighted by atomic mass is 10.1. The van der Waals surface area contributed by atoms with Crippen molar-refractivity contribution in [3.63, 3.8) is 0 Å². The number of alkyl halides is 3. The predicted octanol–water partition coefficient (Wildman–Crippen LogP) is 2.17. The standard InChI is InChI=1S/C11H12F4N2/c12-8-1-3-9(4-2-8)17-6-5-16-10(7-17)11(13,14)15/h1-4,10,16H,5-7H2/t10-/m0/s1. The molecule has 1 atom stereocenters. The number of halogens is 4. The number of nitrogens with zero attached hydrogens (tertiary/aromatic N) is 1. The Hall–Kier alpha value is -1.30. The van der Waals surface area contributed by atoms with Crippen LogP contribution in [0.5, 0.6) is 0 Å². The number of anilines is 1. The van der Waals surface area contributed by atoms with Crippen LogP contribution in [0, 0.1) is 5.82 Å². The van der Waals surface area contributed by atoms with Crippen LogP contribution in [0.15, 0.2) is 24.3 Å². The summed E-state index contributed by atoms with van der Waals surface area (Å²) in [5, 5.41) is 2.43. The third-order valence-corrected chi connectivity index (χ3v) is 2.76. The number of hydrogen-bond acceptors (Lipinski definition) is 2. The summed E-state index contributed by atoms with van der Waals surface area (Å²) < 4.78 is 50.3. The first-order valence-electron chi connectivity index (χ1n) is 5.27. The molecule has 0 amide bonds. The van der Waals surface area contributed by atoms with Crippen LogP contribution in [-0.2, 0) is 0 Å². The Bertz CT molecular complexity index is 374. The second kappa shape index (κ2) is 4.52. The van der Waals surface area contributed by atoms with Crippen molar-refractivity contribution in [2.75, 3.05) is 24.5 Å². The highest BCUT2D eigenvalue weighted by Gasteiger charge is 2.41. The highest BCUT2D eigenvalue weighted by atomic mass is 19.4. The normalized spacial score (nSPS) is 21.6. The highest BCUT2D eigenvalue weighted by Crippen LogP contribution is 2.25. The minimum Gasteiger partial charge on any atom is -0.368 e. The molecule has 0 spiro atoms. The third kappa shape index (κ3) is 2.88. The predicted molar refractivity (Wildman–Crippen MR) is 56.5 cm³/mol. The molecule has 0 unspecified atom stereocenters. The lowest BCUT2D eigenvalue weighted by Crippen LogP contribution is -2.57. The Balaban J connectivity index is 2.09. The van der Waals surface area contributed by atoms with Gasteiger partial charge in [-0.3, -0.25) is 0 Å². The molecule has 1 fully saturated rings. The number of benzene rings is 1. The van der Waals surface area contributed by atoms with Crippen molar-refractivity contribution >= 4 is 5.69 Å². The first kappa shape index (κ1) is 12.2. The van der Waals surface area contributed by atoms with Gasteiger partial charge in [-0.1, -0.05) is 0 Å². The average Bonchev–Trinajstić information content (AvgIpc) is 2.29. The Labute approximate surface area is 96.2 Å². The molecular formula is C11H12F4N2. The quantitative estimate of drug-likeness (QED) is 0.766. The van der Waals surface area contributed by atoms with Crippen molar-refractivity contribution < 1.29 is 17.6 Å². The summed E-state index contributed by atoms with van der Waals surface area (Å²) in [5.41, 5.74) is 0.613. The zero-order valence-electron chi connectivity index (χ0n) is 8.97. The van der Waals surface area contributed by atoms with Crippen LogP contribution in [0.3, 0.4) is 0 Å². The summed E-state index contributed by atoms with van der Waals surface area (Å²) in [4.78, 5) is 1.61. The third-order valence-electron chi connectivity index (χ3n) is 2.76. The van der Waals surface area contributed by atoms with Crippen LogP contribution in [0.1, 0.15) is 0 Å². The number of hydrogen-bond donors (Lipinski definition) is 1. The molecule has 2 rings (SSSR count). The SMILES string of the molecule is Fc1ccc(N2CCN[C@H](C(F)(F)F)C2)cc1. The fourth-order valence-corrected chi connectivity index (χ4v) is 1.86. The molecule has 0 saturated carbocycles. The van der Waals surface area contributed by atoms with Gasteiger partial charge in [0.05, 0.1) is 0 Å². The summed E-state index contributed by atoms with van der Waals surface area (Å²) in [7, 11) is 0. The molecule has 6 heteroatoms. The van der Waals surface area contributed by atoms with Crippen LogP contribution in [0.2, 0.25) is 0 Å². The van der Waals surface area contributed by atoms with Crippen molar-refractivity contribution in [1.82, 2.24) is 5.32 Å². The molecule has 1 aliphatic heterocycles. The lowest BCUT2D eigenvalue weighted by Gasteiger charge is -2.36. The molecule has 0 aromatic heterocycles. The van der Waals surface area contributed by atoms with Gasteiger partial charge in [-0.15, -0.1) is 0 Å². The molecule has 0 radical (unpaired) electrons. The molecule has 0 aliphatic carbocycles. The summed E-state index contributed by atoms with van der Waals surface area (Å²) in [6.07, 6.45) is -4.25. The van der Waals surface area contributed by atoms with Crippen LogP contribution in [-0.4, -0.2) is 31.9 Å². The van der Waals surface area contributed by atoms with Crippen LogP contribution < -0.4 is 10.2 Å². The van der Waals surface area contributed by atoms with Gasteiger partial charge in [-0.2, -0.15) is 13.2 Å². The smallest absolute Gasteiger partial charge is 0.368 e. The summed E-state index contributed by atoms with van der Waals surface area (Å²) in [6, 6.07) is 3.96. The number of rotatable bonds is 1. The fraction of sp³-hybridized carbons (Fsp3) is 0.455. The molecule has 1 aromatic carbocycles. The molecule has 2 nitrogen and oxygen atoms in total. The fourth-order valence-electron chi connectivity index (χ4n) is 1.86. The topological polar surface area (TPSA) is 15.3 Å². The zero-order chi connectivity index (χ0) is 12.5. The van der Waals surface area contributed by atoms with E-state index in [9.17, 15) is 17.6 Å². The molecule has 1 heterocycles. The molecule has 94 valence electrons. The second-order valence-electron chi connectivity index (χ2n) is 3.97. The molecule has 1 N–H and O–H groups in total. The van der Waals surface area contributed by atoms with E-state index in [1.54, 1.807) is 4.90 Å². The maximum absolute atomic E-state index is 12.7.